The minimum absolute atomic E-state index is 0. The molecular weight excluding hydrogens is 329 g/mol. The van der Waals surface area contributed by atoms with Gasteiger partial charge in [-0.2, -0.15) is 0 Å². The topological polar surface area (TPSA) is 66.8 Å². The molecule has 0 fully saturated rings. The van der Waals surface area contributed by atoms with E-state index in [1.165, 1.54) is 12.1 Å². The molecule has 1 rings (SSSR count). The third-order valence-corrected chi connectivity index (χ3v) is 3.08. The van der Waals surface area contributed by atoms with Crippen LogP contribution in [0.1, 0.15) is 29.8 Å². The number of halogens is 2. The first kappa shape index (κ1) is 20.7. The summed E-state index contributed by atoms with van der Waals surface area (Å²) in [5.41, 5.74) is 1.07. The Kier molecular flexibility index (Phi) is 9.81. The summed E-state index contributed by atoms with van der Waals surface area (Å²) in [5.74, 6) is -1.23. The first-order valence-electron chi connectivity index (χ1n) is 6.71. The Morgan fingerprint density at radius 2 is 1.86 bits per heavy atom. The normalized spacial score (nSPS) is 10.2. The molecule has 1 aromatic rings. The zero-order chi connectivity index (χ0) is 15.8. The van der Waals surface area contributed by atoms with Crippen molar-refractivity contribution in [2.75, 3.05) is 19.0 Å². The highest BCUT2D eigenvalue weighted by Crippen LogP contribution is 2.09. The third kappa shape index (κ3) is 7.11. The van der Waals surface area contributed by atoms with Gasteiger partial charge in [0.25, 0.3) is 0 Å². The summed E-state index contributed by atoms with van der Waals surface area (Å²) in [6.07, 6.45) is 0.104. The molecule has 0 aromatic heterocycles. The van der Waals surface area contributed by atoms with Crippen LogP contribution in [0.5, 0.6) is 0 Å². The fourth-order valence-corrected chi connectivity index (χ4v) is 1.92. The van der Waals surface area contributed by atoms with E-state index in [0.717, 1.165) is 5.56 Å². The first-order chi connectivity index (χ1) is 9.93. The Bertz CT molecular complexity index is 477. The van der Waals surface area contributed by atoms with Crippen LogP contribution in [0.2, 0.25) is 0 Å². The van der Waals surface area contributed by atoms with Crippen molar-refractivity contribution in [2.24, 2.45) is 0 Å². The number of alkyl halides is 1. The van der Waals surface area contributed by atoms with Gasteiger partial charge in [0, 0.05) is 13.1 Å². The average Bonchev–Trinajstić information content (AvgIpc) is 2.45. The predicted molar refractivity (Wildman–Crippen MR) is 87.9 cm³/mol. The van der Waals surface area contributed by atoms with Crippen LogP contribution in [-0.2, 0) is 16.1 Å². The van der Waals surface area contributed by atoms with Gasteiger partial charge in [0.05, 0.1) is 18.3 Å². The molecule has 22 heavy (non-hydrogen) atoms. The molecule has 0 saturated heterocycles. The highest BCUT2D eigenvalue weighted by atomic mass is 35.5. The quantitative estimate of drug-likeness (QED) is 0.732. The number of carbonyl (C=O) groups excluding carboxylic acids is 1. The van der Waals surface area contributed by atoms with Gasteiger partial charge in [-0.3, -0.25) is 4.79 Å². The number of rotatable bonds is 8. The van der Waals surface area contributed by atoms with Gasteiger partial charge in [-0.05, 0) is 31.5 Å². The standard InChI is InChI=1S/C15H20ClNO4.ClH/c1-11(2)21-8-7-17(14(18)9-16)10-12-3-5-13(6-4-12)15(19)20;/h3-6,11H,7-10H2,1-2H3,(H,19,20);1H. The Morgan fingerprint density at radius 3 is 2.32 bits per heavy atom. The molecule has 1 N–H and O–H groups in total. The van der Waals surface area contributed by atoms with Crippen LogP contribution in [0.25, 0.3) is 0 Å². The SMILES string of the molecule is CC(C)OCCN(Cc1ccc(C(=O)O)cc1)C(=O)CCl.Cl. The lowest BCUT2D eigenvalue weighted by atomic mass is 10.1. The fraction of sp³-hybridized carbons (Fsp3) is 0.467. The van der Waals surface area contributed by atoms with Crippen LogP contribution < -0.4 is 0 Å². The predicted octanol–water partition coefficient (Wildman–Crippen LogP) is 2.80. The number of hydrogen-bond donors (Lipinski definition) is 1. The van der Waals surface area contributed by atoms with E-state index in [-0.39, 0.29) is 35.9 Å². The molecule has 0 bridgehead atoms. The molecule has 5 nitrogen and oxygen atoms in total. The van der Waals surface area contributed by atoms with Gasteiger partial charge in [-0.25, -0.2) is 4.79 Å². The van der Waals surface area contributed by atoms with Crippen molar-refractivity contribution in [3.05, 3.63) is 35.4 Å². The van der Waals surface area contributed by atoms with Crippen molar-refractivity contribution in [3.8, 4) is 0 Å². The smallest absolute Gasteiger partial charge is 0.335 e. The number of benzene rings is 1. The molecule has 0 aliphatic rings. The number of hydrogen-bond acceptors (Lipinski definition) is 3. The summed E-state index contributed by atoms with van der Waals surface area (Å²) in [4.78, 5) is 24.2. The Hall–Kier alpha value is -1.30. The Labute approximate surface area is 141 Å². The molecule has 1 amide bonds. The van der Waals surface area contributed by atoms with Crippen LogP contribution in [0, 0.1) is 0 Å². The van der Waals surface area contributed by atoms with Crippen molar-refractivity contribution in [1.29, 1.82) is 0 Å². The number of carbonyl (C=O) groups is 2. The van der Waals surface area contributed by atoms with Crippen molar-refractivity contribution < 1.29 is 19.4 Å². The van der Waals surface area contributed by atoms with E-state index < -0.39 is 5.97 Å². The molecule has 7 heteroatoms. The zero-order valence-electron chi connectivity index (χ0n) is 12.6. The van der Waals surface area contributed by atoms with Crippen molar-refractivity contribution in [2.45, 2.75) is 26.5 Å². The molecule has 0 aliphatic heterocycles. The monoisotopic (exact) mass is 349 g/mol. The maximum Gasteiger partial charge on any atom is 0.335 e. The maximum absolute atomic E-state index is 11.8. The molecule has 0 saturated carbocycles. The molecule has 1 aromatic carbocycles. The van der Waals surface area contributed by atoms with E-state index in [1.807, 2.05) is 13.8 Å². The van der Waals surface area contributed by atoms with Crippen molar-refractivity contribution in [1.82, 2.24) is 4.90 Å². The summed E-state index contributed by atoms with van der Waals surface area (Å²) in [6.45, 7) is 5.13. The largest absolute Gasteiger partial charge is 0.478 e. The lowest BCUT2D eigenvalue weighted by Gasteiger charge is -2.22. The zero-order valence-corrected chi connectivity index (χ0v) is 14.2. The molecule has 0 unspecified atom stereocenters. The Morgan fingerprint density at radius 1 is 1.27 bits per heavy atom. The van der Waals surface area contributed by atoms with Crippen LogP contribution in [0.4, 0.5) is 0 Å². The lowest BCUT2D eigenvalue weighted by molar-refractivity contribution is -0.130. The molecule has 0 radical (unpaired) electrons. The van der Waals surface area contributed by atoms with E-state index in [4.69, 9.17) is 21.4 Å². The molecule has 0 spiro atoms. The van der Waals surface area contributed by atoms with E-state index in [1.54, 1.807) is 17.0 Å². The van der Waals surface area contributed by atoms with Gasteiger partial charge >= 0.3 is 5.97 Å². The molecule has 0 atom stereocenters. The van der Waals surface area contributed by atoms with E-state index in [2.05, 4.69) is 0 Å². The number of ether oxygens (including phenoxy) is 1. The highest BCUT2D eigenvalue weighted by Gasteiger charge is 2.13. The summed E-state index contributed by atoms with van der Waals surface area (Å²) < 4.78 is 5.44. The fourth-order valence-electron chi connectivity index (χ4n) is 1.75. The van der Waals surface area contributed by atoms with E-state index in [0.29, 0.717) is 19.7 Å². The number of nitrogens with zero attached hydrogens (tertiary/aromatic N) is 1. The van der Waals surface area contributed by atoms with Gasteiger partial charge in [-0.1, -0.05) is 12.1 Å². The lowest BCUT2D eigenvalue weighted by Crippen LogP contribution is -2.34. The molecule has 0 aliphatic carbocycles. The third-order valence-electron chi connectivity index (χ3n) is 2.85. The van der Waals surface area contributed by atoms with Crippen LogP contribution in [0.3, 0.4) is 0 Å². The number of carboxylic acids is 1. The summed E-state index contributed by atoms with van der Waals surface area (Å²) in [6, 6.07) is 6.43. The van der Waals surface area contributed by atoms with Gasteiger partial charge < -0.3 is 14.7 Å². The summed E-state index contributed by atoms with van der Waals surface area (Å²) in [5, 5.41) is 8.85. The Balaban J connectivity index is 0.00000441. The second kappa shape index (κ2) is 10.4. The van der Waals surface area contributed by atoms with Gasteiger partial charge in [0.2, 0.25) is 5.91 Å². The first-order valence-corrected chi connectivity index (χ1v) is 7.25. The number of aromatic carboxylic acids is 1. The van der Waals surface area contributed by atoms with Crippen molar-refractivity contribution >= 4 is 35.9 Å². The number of amides is 1. The minimum Gasteiger partial charge on any atom is -0.478 e. The highest BCUT2D eigenvalue weighted by molar-refractivity contribution is 6.27. The van der Waals surface area contributed by atoms with Gasteiger partial charge in [-0.15, -0.1) is 24.0 Å². The molecule has 0 heterocycles. The maximum atomic E-state index is 11.8. The van der Waals surface area contributed by atoms with Crippen LogP contribution in [-0.4, -0.2) is 47.0 Å². The summed E-state index contributed by atoms with van der Waals surface area (Å²) >= 11 is 5.61. The van der Waals surface area contributed by atoms with Crippen LogP contribution >= 0.6 is 24.0 Å². The van der Waals surface area contributed by atoms with Crippen molar-refractivity contribution in [3.63, 3.8) is 0 Å². The van der Waals surface area contributed by atoms with Gasteiger partial charge in [0.1, 0.15) is 5.88 Å². The molecule has 124 valence electrons. The average molecular weight is 350 g/mol. The minimum atomic E-state index is -0.972. The second-order valence-corrected chi connectivity index (χ2v) is 5.14. The van der Waals surface area contributed by atoms with Gasteiger partial charge in [0.15, 0.2) is 0 Å². The number of carboxylic acid groups (broad SMARTS) is 1. The van der Waals surface area contributed by atoms with E-state index in [9.17, 15) is 9.59 Å². The second-order valence-electron chi connectivity index (χ2n) is 4.87. The van der Waals surface area contributed by atoms with E-state index >= 15 is 0 Å². The van der Waals surface area contributed by atoms with Crippen LogP contribution in [0.15, 0.2) is 24.3 Å². The summed E-state index contributed by atoms with van der Waals surface area (Å²) in [7, 11) is 0. The molecular formula is C15H21Cl2NO4.